The van der Waals surface area contributed by atoms with Crippen LogP contribution in [0.2, 0.25) is 0 Å². The number of aromatic nitrogens is 1. The Labute approximate surface area is 138 Å². The van der Waals surface area contributed by atoms with Crippen molar-refractivity contribution in [1.82, 2.24) is 4.98 Å². The Morgan fingerprint density at radius 1 is 1.23 bits per heavy atom. The number of azo groups is 1. The van der Waals surface area contributed by atoms with Crippen LogP contribution in [0.15, 0.2) is 52.7 Å². The molecule has 5 nitrogen and oxygen atoms in total. The highest BCUT2D eigenvalue weighted by Crippen LogP contribution is 2.37. The molecule has 0 unspecified atom stereocenters. The Kier molecular flexibility index (Phi) is 3.88. The van der Waals surface area contributed by atoms with Gasteiger partial charge in [0.1, 0.15) is 5.82 Å². The van der Waals surface area contributed by atoms with Crippen molar-refractivity contribution in [3.8, 4) is 5.88 Å². The number of H-pyrrole nitrogens is 1. The van der Waals surface area contributed by atoms with Gasteiger partial charge in [0.05, 0.1) is 5.52 Å². The van der Waals surface area contributed by atoms with Gasteiger partial charge in [0, 0.05) is 14.5 Å². The van der Waals surface area contributed by atoms with Gasteiger partial charge in [-0.2, -0.15) is 0 Å². The predicted octanol–water partition coefficient (Wildman–Crippen LogP) is 4.54. The summed E-state index contributed by atoms with van der Waals surface area (Å²) in [7, 11) is 0. The standard InChI is InChI=1S/C15H9FIN3O2/c16-9-4-1-3-8(7-9)14(21)20-19-13-10-5-2-6-11(17)12(10)18-15(13)22/h1-7,18,22H. The molecule has 0 fully saturated rings. The third-order valence-electron chi connectivity index (χ3n) is 3.05. The molecule has 0 aliphatic rings. The number of hydrogen-bond acceptors (Lipinski definition) is 3. The van der Waals surface area contributed by atoms with Gasteiger partial charge in [-0.05, 0) is 46.9 Å². The summed E-state index contributed by atoms with van der Waals surface area (Å²) in [5.41, 5.74) is 0.990. The molecule has 0 radical (unpaired) electrons. The van der Waals surface area contributed by atoms with E-state index in [9.17, 15) is 14.3 Å². The van der Waals surface area contributed by atoms with Crippen molar-refractivity contribution in [2.45, 2.75) is 0 Å². The first-order valence-electron chi connectivity index (χ1n) is 6.27. The monoisotopic (exact) mass is 409 g/mol. The Morgan fingerprint density at radius 3 is 2.77 bits per heavy atom. The van der Waals surface area contributed by atoms with Gasteiger partial charge in [0.25, 0.3) is 5.91 Å². The number of para-hydroxylation sites is 1. The lowest BCUT2D eigenvalue weighted by molar-refractivity contribution is 0.0994. The molecule has 1 heterocycles. The zero-order chi connectivity index (χ0) is 15.7. The molecule has 1 amide bonds. The number of rotatable bonds is 2. The van der Waals surface area contributed by atoms with E-state index in [1.807, 2.05) is 12.1 Å². The molecule has 0 bridgehead atoms. The number of aromatic hydroxyl groups is 1. The summed E-state index contributed by atoms with van der Waals surface area (Å²) in [6.45, 7) is 0. The molecule has 7 heteroatoms. The van der Waals surface area contributed by atoms with Crippen molar-refractivity contribution >= 4 is 45.1 Å². The summed E-state index contributed by atoms with van der Waals surface area (Å²) in [6.07, 6.45) is 0. The average molecular weight is 409 g/mol. The van der Waals surface area contributed by atoms with Crippen LogP contribution in [0.4, 0.5) is 10.1 Å². The van der Waals surface area contributed by atoms with Gasteiger partial charge in [-0.25, -0.2) is 4.39 Å². The minimum Gasteiger partial charge on any atom is -0.493 e. The van der Waals surface area contributed by atoms with Crippen LogP contribution in [0.3, 0.4) is 0 Å². The Balaban J connectivity index is 1.98. The molecule has 0 aliphatic carbocycles. The third kappa shape index (κ3) is 2.71. The van der Waals surface area contributed by atoms with Crippen molar-refractivity contribution in [1.29, 1.82) is 0 Å². The Bertz CT molecular complexity index is 905. The number of nitrogens with zero attached hydrogens (tertiary/aromatic N) is 2. The molecule has 3 aromatic rings. The van der Waals surface area contributed by atoms with Crippen molar-refractivity contribution in [3.63, 3.8) is 0 Å². The zero-order valence-electron chi connectivity index (χ0n) is 11.0. The molecule has 0 atom stereocenters. The molecule has 2 aromatic carbocycles. The number of fused-ring (bicyclic) bond motifs is 1. The predicted molar refractivity (Wildman–Crippen MR) is 87.9 cm³/mol. The fourth-order valence-electron chi connectivity index (χ4n) is 2.03. The van der Waals surface area contributed by atoms with Crippen LogP contribution in [0.25, 0.3) is 10.9 Å². The summed E-state index contributed by atoms with van der Waals surface area (Å²) < 4.78 is 14.0. The number of amides is 1. The first-order chi connectivity index (χ1) is 10.6. The smallest absolute Gasteiger partial charge is 0.295 e. The van der Waals surface area contributed by atoms with Gasteiger partial charge in [-0.15, -0.1) is 10.2 Å². The lowest BCUT2D eigenvalue weighted by atomic mass is 10.2. The van der Waals surface area contributed by atoms with Gasteiger partial charge in [-0.3, -0.25) is 4.79 Å². The summed E-state index contributed by atoms with van der Waals surface area (Å²) in [6, 6.07) is 10.6. The van der Waals surface area contributed by atoms with Crippen molar-refractivity contribution in [3.05, 3.63) is 57.4 Å². The van der Waals surface area contributed by atoms with Crippen LogP contribution in [-0.2, 0) is 0 Å². The largest absolute Gasteiger partial charge is 0.493 e. The normalized spacial score (nSPS) is 11.4. The molecular weight excluding hydrogens is 400 g/mol. The minimum absolute atomic E-state index is 0.0951. The maximum atomic E-state index is 13.1. The van der Waals surface area contributed by atoms with Gasteiger partial charge in [0.15, 0.2) is 5.69 Å². The van der Waals surface area contributed by atoms with E-state index in [2.05, 4.69) is 37.8 Å². The molecule has 22 heavy (non-hydrogen) atoms. The highest BCUT2D eigenvalue weighted by molar-refractivity contribution is 14.1. The summed E-state index contributed by atoms with van der Waals surface area (Å²) in [5.74, 6) is -1.38. The average Bonchev–Trinajstić information content (AvgIpc) is 2.82. The van der Waals surface area contributed by atoms with Gasteiger partial charge < -0.3 is 10.1 Å². The maximum Gasteiger partial charge on any atom is 0.295 e. The highest BCUT2D eigenvalue weighted by Gasteiger charge is 2.13. The SMILES string of the molecule is O=C(N=Nc1c(O)[nH]c2c(I)cccc12)c1cccc(F)c1. The van der Waals surface area contributed by atoms with Crippen molar-refractivity contribution in [2.24, 2.45) is 10.2 Å². The molecule has 0 aliphatic heterocycles. The van der Waals surface area contributed by atoms with E-state index in [1.165, 1.54) is 18.2 Å². The second kappa shape index (κ2) is 5.84. The van der Waals surface area contributed by atoms with E-state index < -0.39 is 11.7 Å². The van der Waals surface area contributed by atoms with Crippen LogP contribution in [0.1, 0.15) is 10.4 Å². The number of carbonyl (C=O) groups excluding carboxylic acids is 1. The summed E-state index contributed by atoms with van der Waals surface area (Å²) in [5, 5.41) is 17.9. The van der Waals surface area contributed by atoms with E-state index in [0.29, 0.717) is 10.9 Å². The van der Waals surface area contributed by atoms with Crippen LogP contribution >= 0.6 is 22.6 Å². The molecule has 110 valence electrons. The molecule has 3 rings (SSSR count). The van der Waals surface area contributed by atoms with Crippen LogP contribution in [0.5, 0.6) is 5.88 Å². The van der Waals surface area contributed by atoms with Crippen LogP contribution in [0, 0.1) is 9.39 Å². The third-order valence-corrected chi connectivity index (χ3v) is 3.95. The van der Waals surface area contributed by atoms with E-state index in [-0.39, 0.29) is 17.1 Å². The molecule has 0 saturated carbocycles. The maximum absolute atomic E-state index is 13.1. The number of halogens is 2. The van der Waals surface area contributed by atoms with Gasteiger partial charge in [-0.1, -0.05) is 18.2 Å². The lowest BCUT2D eigenvalue weighted by Gasteiger charge is -1.95. The first kappa shape index (κ1) is 14.6. The number of aromatic amines is 1. The summed E-state index contributed by atoms with van der Waals surface area (Å²) in [4.78, 5) is 14.7. The summed E-state index contributed by atoms with van der Waals surface area (Å²) >= 11 is 2.12. The van der Waals surface area contributed by atoms with Crippen LogP contribution < -0.4 is 0 Å². The van der Waals surface area contributed by atoms with E-state index in [4.69, 9.17) is 0 Å². The quantitative estimate of drug-likeness (QED) is 0.482. The number of benzene rings is 2. The highest BCUT2D eigenvalue weighted by atomic mass is 127. The zero-order valence-corrected chi connectivity index (χ0v) is 13.2. The molecule has 0 spiro atoms. The van der Waals surface area contributed by atoms with E-state index in [1.54, 1.807) is 6.07 Å². The molecule has 0 saturated heterocycles. The molecule has 2 N–H and O–H groups in total. The van der Waals surface area contributed by atoms with Crippen molar-refractivity contribution in [2.75, 3.05) is 0 Å². The number of carbonyl (C=O) groups is 1. The van der Waals surface area contributed by atoms with E-state index >= 15 is 0 Å². The second-order valence-corrected chi connectivity index (χ2v) is 5.66. The molecular formula is C15H9FIN3O2. The minimum atomic E-state index is -0.682. The molecule has 1 aromatic heterocycles. The number of hydrogen-bond donors (Lipinski definition) is 2. The fourth-order valence-corrected chi connectivity index (χ4v) is 2.66. The Hall–Kier alpha value is -2.29. The second-order valence-electron chi connectivity index (χ2n) is 4.50. The first-order valence-corrected chi connectivity index (χ1v) is 7.35. The fraction of sp³-hybridized carbons (Fsp3) is 0. The van der Waals surface area contributed by atoms with Gasteiger partial charge in [0.2, 0.25) is 5.88 Å². The lowest BCUT2D eigenvalue weighted by Crippen LogP contribution is -1.93. The number of nitrogens with one attached hydrogen (secondary N) is 1. The van der Waals surface area contributed by atoms with E-state index in [0.717, 1.165) is 9.64 Å². The van der Waals surface area contributed by atoms with Crippen LogP contribution in [-0.4, -0.2) is 16.0 Å². The van der Waals surface area contributed by atoms with Gasteiger partial charge >= 0.3 is 0 Å². The Morgan fingerprint density at radius 2 is 2.00 bits per heavy atom. The van der Waals surface area contributed by atoms with Crippen molar-refractivity contribution < 1.29 is 14.3 Å². The topological polar surface area (TPSA) is 77.8 Å².